The standard InChI is InChI=1S/C9H8F4O/c10-5-8(14)6-2-1-3-7(4-6)9(11,12)13/h1-4,8,14H,5H2/t8-/m1/s1. The molecule has 1 nitrogen and oxygen atoms in total. The van der Waals surface area contributed by atoms with Crippen LogP contribution < -0.4 is 0 Å². The number of aliphatic hydroxyl groups is 1. The van der Waals surface area contributed by atoms with Crippen molar-refractivity contribution in [3.63, 3.8) is 0 Å². The van der Waals surface area contributed by atoms with Crippen molar-refractivity contribution < 1.29 is 22.7 Å². The van der Waals surface area contributed by atoms with Gasteiger partial charge in [-0.25, -0.2) is 4.39 Å². The molecule has 0 radical (unpaired) electrons. The molecular formula is C9H8F4O. The van der Waals surface area contributed by atoms with E-state index >= 15 is 0 Å². The van der Waals surface area contributed by atoms with Crippen molar-refractivity contribution in [1.29, 1.82) is 0 Å². The summed E-state index contributed by atoms with van der Waals surface area (Å²) < 4.78 is 48.4. The molecule has 1 rings (SSSR count). The molecule has 0 heterocycles. The van der Waals surface area contributed by atoms with Gasteiger partial charge in [-0.2, -0.15) is 13.2 Å². The van der Waals surface area contributed by atoms with Gasteiger partial charge in [-0.05, 0) is 17.7 Å². The van der Waals surface area contributed by atoms with Crippen molar-refractivity contribution in [1.82, 2.24) is 0 Å². The molecule has 0 aromatic heterocycles. The van der Waals surface area contributed by atoms with E-state index in [4.69, 9.17) is 5.11 Å². The molecular weight excluding hydrogens is 200 g/mol. The van der Waals surface area contributed by atoms with Gasteiger partial charge in [0, 0.05) is 0 Å². The van der Waals surface area contributed by atoms with Crippen molar-refractivity contribution in [2.45, 2.75) is 12.3 Å². The largest absolute Gasteiger partial charge is 0.416 e. The molecule has 1 aromatic rings. The molecule has 5 heteroatoms. The van der Waals surface area contributed by atoms with Gasteiger partial charge >= 0.3 is 6.18 Å². The SMILES string of the molecule is O[C@H](CF)c1cccc(C(F)(F)F)c1. The molecule has 0 unspecified atom stereocenters. The first-order valence-electron chi connectivity index (χ1n) is 3.86. The average Bonchev–Trinajstić information content (AvgIpc) is 2.15. The minimum Gasteiger partial charge on any atom is -0.386 e. The van der Waals surface area contributed by atoms with Gasteiger partial charge in [-0.15, -0.1) is 0 Å². The van der Waals surface area contributed by atoms with E-state index < -0.39 is 24.5 Å². The second kappa shape index (κ2) is 3.96. The van der Waals surface area contributed by atoms with Gasteiger partial charge < -0.3 is 5.11 Å². The highest BCUT2D eigenvalue weighted by Crippen LogP contribution is 2.30. The maximum Gasteiger partial charge on any atom is 0.416 e. The summed E-state index contributed by atoms with van der Waals surface area (Å²) >= 11 is 0. The molecule has 1 N–H and O–H groups in total. The molecule has 0 spiro atoms. The summed E-state index contributed by atoms with van der Waals surface area (Å²) in [4.78, 5) is 0. The lowest BCUT2D eigenvalue weighted by atomic mass is 10.1. The molecule has 14 heavy (non-hydrogen) atoms. The minimum atomic E-state index is -4.47. The van der Waals surface area contributed by atoms with Crippen LogP contribution in [-0.2, 0) is 6.18 Å². The van der Waals surface area contributed by atoms with Gasteiger partial charge in [0.05, 0.1) is 5.56 Å². The molecule has 0 aliphatic carbocycles. The first-order valence-corrected chi connectivity index (χ1v) is 3.86. The first-order chi connectivity index (χ1) is 6.45. The Morgan fingerprint density at radius 3 is 2.43 bits per heavy atom. The van der Waals surface area contributed by atoms with E-state index in [0.29, 0.717) is 0 Å². The van der Waals surface area contributed by atoms with Crippen LogP contribution in [0.25, 0.3) is 0 Å². The number of rotatable bonds is 2. The van der Waals surface area contributed by atoms with Crippen molar-refractivity contribution in [2.75, 3.05) is 6.67 Å². The monoisotopic (exact) mass is 208 g/mol. The molecule has 78 valence electrons. The predicted octanol–water partition coefficient (Wildman–Crippen LogP) is 2.71. The van der Waals surface area contributed by atoms with Crippen molar-refractivity contribution in [3.8, 4) is 0 Å². The fourth-order valence-corrected chi connectivity index (χ4v) is 1.01. The molecule has 0 fully saturated rings. The third-order valence-electron chi connectivity index (χ3n) is 1.74. The number of alkyl halides is 4. The third kappa shape index (κ3) is 2.45. The Labute approximate surface area is 78.0 Å². The molecule has 0 amide bonds. The zero-order chi connectivity index (χ0) is 10.8. The second-order valence-electron chi connectivity index (χ2n) is 2.79. The summed E-state index contributed by atoms with van der Waals surface area (Å²) in [6.45, 7) is -1.10. The number of benzene rings is 1. The summed E-state index contributed by atoms with van der Waals surface area (Å²) in [6.07, 6.45) is -5.95. The fourth-order valence-electron chi connectivity index (χ4n) is 1.01. The maximum atomic E-state index is 12.2. The Bertz CT molecular complexity index is 308. The van der Waals surface area contributed by atoms with Crippen molar-refractivity contribution in [2.24, 2.45) is 0 Å². The van der Waals surface area contributed by atoms with Gasteiger partial charge in [0.1, 0.15) is 12.8 Å². The summed E-state index contributed by atoms with van der Waals surface area (Å²) in [6, 6.07) is 4.00. The summed E-state index contributed by atoms with van der Waals surface area (Å²) in [5.41, 5.74) is -0.954. The number of aliphatic hydroxyl groups excluding tert-OH is 1. The average molecular weight is 208 g/mol. The summed E-state index contributed by atoms with van der Waals surface area (Å²) in [7, 11) is 0. The molecule has 0 aliphatic rings. The molecule has 0 saturated carbocycles. The number of hydrogen-bond acceptors (Lipinski definition) is 1. The van der Waals surface area contributed by atoms with E-state index in [0.717, 1.165) is 18.2 Å². The zero-order valence-electron chi connectivity index (χ0n) is 7.05. The fraction of sp³-hybridized carbons (Fsp3) is 0.333. The van der Waals surface area contributed by atoms with E-state index in [-0.39, 0.29) is 5.56 Å². The Balaban J connectivity index is 3.01. The van der Waals surface area contributed by atoms with E-state index in [1.165, 1.54) is 6.07 Å². The Kier molecular flexibility index (Phi) is 3.10. The predicted molar refractivity (Wildman–Crippen MR) is 42.4 cm³/mol. The van der Waals surface area contributed by atoms with Crippen molar-refractivity contribution in [3.05, 3.63) is 35.4 Å². The summed E-state index contributed by atoms with van der Waals surface area (Å²) in [5.74, 6) is 0. The van der Waals surface area contributed by atoms with Crippen LogP contribution in [-0.4, -0.2) is 11.8 Å². The van der Waals surface area contributed by atoms with Crippen LogP contribution in [0.4, 0.5) is 17.6 Å². The van der Waals surface area contributed by atoms with Gasteiger partial charge in [-0.3, -0.25) is 0 Å². The van der Waals surface area contributed by atoms with Crippen LogP contribution in [0.5, 0.6) is 0 Å². The number of hydrogen-bond donors (Lipinski definition) is 1. The minimum absolute atomic E-state index is 0.0673. The van der Waals surface area contributed by atoms with Crippen LogP contribution in [0.3, 0.4) is 0 Å². The molecule has 1 aromatic carbocycles. The van der Waals surface area contributed by atoms with Gasteiger partial charge in [0.2, 0.25) is 0 Å². The van der Waals surface area contributed by atoms with Gasteiger partial charge in [-0.1, -0.05) is 12.1 Å². The maximum absolute atomic E-state index is 12.2. The topological polar surface area (TPSA) is 20.2 Å². The van der Waals surface area contributed by atoms with Crippen LogP contribution in [0.2, 0.25) is 0 Å². The second-order valence-corrected chi connectivity index (χ2v) is 2.79. The van der Waals surface area contributed by atoms with E-state index in [9.17, 15) is 17.6 Å². The molecule has 0 bridgehead atoms. The highest BCUT2D eigenvalue weighted by Gasteiger charge is 2.30. The van der Waals surface area contributed by atoms with E-state index in [1.54, 1.807) is 0 Å². The van der Waals surface area contributed by atoms with Gasteiger partial charge in [0.25, 0.3) is 0 Å². The van der Waals surface area contributed by atoms with Crippen LogP contribution in [0, 0.1) is 0 Å². The Hall–Kier alpha value is -1.10. The van der Waals surface area contributed by atoms with E-state index in [1.807, 2.05) is 0 Å². The zero-order valence-corrected chi connectivity index (χ0v) is 7.05. The van der Waals surface area contributed by atoms with Gasteiger partial charge in [0.15, 0.2) is 0 Å². The molecule has 0 aliphatic heterocycles. The lowest BCUT2D eigenvalue weighted by molar-refractivity contribution is -0.137. The Morgan fingerprint density at radius 2 is 1.93 bits per heavy atom. The number of halogens is 4. The summed E-state index contributed by atoms with van der Waals surface area (Å²) in [5, 5.41) is 8.98. The first kappa shape index (κ1) is 11.0. The lowest BCUT2D eigenvalue weighted by Gasteiger charge is -2.10. The molecule has 1 atom stereocenters. The van der Waals surface area contributed by atoms with Crippen LogP contribution >= 0.6 is 0 Å². The quantitative estimate of drug-likeness (QED) is 0.741. The highest BCUT2D eigenvalue weighted by atomic mass is 19.4. The van der Waals surface area contributed by atoms with E-state index in [2.05, 4.69) is 0 Å². The van der Waals surface area contributed by atoms with Crippen molar-refractivity contribution >= 4 is 0 Å². The smallest absolute Gasteiger partial charge is 0.386 e. The third-order valence-corrected chi connectivity index (χ3v) is 1.74. The van der Waals surface area contributed by atoms with Crippen LogP contribution in [0.15, 0.2) is 24.3 Å². The highest BCUT2D eigenvalue weighted by molar-refractivity contribution is 5.27. The molecule has 0 saturated heterocycles. The lowest BCUT2D eigenvalue weighted by Crippen LogP contribution is -2.07. The Morgan fingerprint density at radius 1 is 1.29 bits per heavy atom. The normalized spacial score (nSPS) is 14.1. The van der Waals surface area contributed by atoms with Crippen LogP contribution in [0.1, 0.15) is 17.2 Å².